The Labute approximate surface area is 120 Å². The molecule has 3 rings (SSSR count). The van der Waals surface area contributed by atoms with Gasteiger partial charge in [0.05, 0.1) is 6.20 Å². The number of benzene rings is 1. The van der Waals surface area contributed by atoms with Gasteiger partial charge in [0.15, 0.2) is 0 Å². The number of hydrogen-bond acceptors (Lipinski definition) is 3. The average Bonchev–Trinajstić information content (AvgIpc) is 3.07. The number of halogens is 2. The molecule has 2 heterocycles. The lowest BCUT2D eigenvalue weighted by molar-refractivity contribution is 0.0745. The van der Waals surface area contributed by atoms with Gasteiger partial charge in [-0.3, -0.25) is 4.79 Å². The second-order valence-corrected chi connectivity index (χ2v) is 5.26. The van der Waals surface area contributed by atoms with Crippen LogP contribution in [-0.4, -0.2) is 29.1 Å². The Morgan fingerprint density at radius 1 is 1.33 bits per heavy atom. The van der Waals surface area contributed by atoms with Gasteiger partial charge in [-0.15, -0.1) is 0 Å². The molecular formula is C15H14F2N2O2. The molecule has 1 unspecified atom stereocenters. The first kappa shape index (κ1) is 13.7. The van der Waals surface area contributed by atoms with Gasteiger partial charge in [0.2, 0.25) is 5.76 Å². The molecule has 6 heteroatoms. The number of amides is 1. The lowest BCUT2D eigenvalue weighted by Gasteiger charge is -2.14. The Hall–Kier alpha value is -2.24. The van der Waals surface area contributed by atoms with Crippen molar-refractivity contribution in [1.29, 1.82) is 0 Å². The van der Waals surface area contributed by atoms with Gasteiger partial charge in [-0.25, -0.2) is 8.78 Å². The molecule has 1 amide bonds. The highest BCUT2D eigenvalue weighted by Gasteiger charge is 2.28. The highest BCUT2D eigenvalue weighted by Crippen LogP contribution is 2.23. The van der Waals surface area contributed by atoms with Gasteiger partial charge >= 0.3 is 0 Å². The summed E-state index contributed by atoms with van der Waals surface area (Å²) >= 11 is 0. The molecule has 1 aliphatic rings. The van der Waals surface area contributed by atoms with Crippen molar-refractivity contribution in [2.45, 2.75) is 12.8 Å². The molecule has 2 aromatic rings. The smallest absolute Gasteiger partial charge is 0.292 e. The van der Waals surface area contributed by atoms with E-state index in [-0.39, 0.29) is 17.6 Å². The predicted molar refractivity (Wildman–Crippen MR) is 70.6 cm³/mol. The number of nitrogens with zero attached hydrogens (tertiary/aromatic N) is 2. The molecular weight excluding hydrogens is 278 g/mol. The van der Waals surface area contributed by atoms with Crippen LogP contribution >= 0.6 is 0 Å². The summed E-state index contributed by atoms with van der Waals surface area (Å²) in [4.78, 5) is 13.8. The lowest BCUT2D eigenvalue weighted by atomic mass is 9.98. The van der Waals surface area contributed by atoms with Crippen LogP contribution in [0.25, 0.3) is 0 Å². The molecule has 110 valence electrons. The van der Waals surface area contributed by atoms with Gasteiger partial charge < -0.3 is 9.42 Å². The Morgan fingerprint density at radius 3 is 2.76 bits per heavy atom. The zero-order valence-electron chi connectivity index (χ0n) is 11.3. The van der Waals surface area contributed by atoms with Crippen LogP contribution in [-0.2, 0) is 6.42 Å². The molecule has 4 nitrogen and oxygen atoms in total. The van der Waals surface area contributed by atoms with Crippen LogP contribution in [0.3, 0.4) is 0 Å². The van der Waals surface area contributed by atoms with Crippen LogP contribution in [0.2, 0.25) is 0 Å². The van der Waals surface area contributed by atoms with Gasteiger partial charge in [-0.2, -0.15) is 0 Å². The SMILES string of the molecule is O=C(c1ccno1)N1CCC(Cc2cc(F)cc(F)c2)C1. The van der Waals surface area contributed by atoms with E-state index >= 15 is 0 Å². The first-order chi connectivity index (χ1) is 10.1. The number of rotatable bonds is 3. The zero-order chi connectivity index (χ0) is 14.8. The molecule has 0 bridgehead atoms. The highest BCUT2D eigenvalue weighted by molar-refractivity contribution is 5.91. The number of likely N-dealkylation sites (tertiary alicyclic amines) is 1. The van der Waals surface area contributed by atoms with E-state index in [9.17, 15) is 13.6 Å². The van der Waals surface area contributed by atoms with Crippen molar-refractivity contribution in [3.63, 3.8) is 0 Å². The van der Waals surface area contributed by atoms with Crippen molar-refractivity contribution >= 4 is 5.91 Å². The van der Waals surface area contributed by atoms with E-state index in [4.69, 9.17) is 4.52 Å². The molecule has 0 spiro atoms. The second kappa shape index (κ2) is 5.63. The summed E-state index contributed by atoms with van der Waals surface area (Å²) in [5.41, 5.74) is 0.617. The molecule has 21 heavy (non-hydrogen) atoms. The van der Waals surface area contributed by atoms with Crippen LogP contribution in [0.1, 0.15) is 22.5 Å². The molecule has 1 fully saturated rings. The second-order valence-electron chi connectivity index (χ2n) is 5.26. The lowest BCUT2D eigenvalue weighted by Crippen LogP contribution is -2.28. The third-order valence-electron chi connectivity index (χ3n) is 3.67. The van der Waals surface area contributed by atoms with Gasteiger partial charge in [0.25, 0.3) is 5.91 Å². The molecule has 0 N–H and O–H groups in total. The van der Waals surface area contributed by atoms with E-state index in [1.54, 1.807) is 4.90 Å². The Morgan fingerprint density at radius 2 is 2.10 bits per heavy atom. The standard InChI is InChI=1S/C15H14F2N2O2/c16-12-6-11(7-13(17)8-12)5-10-2-4-19(9-10)15(20)14-1-3-18-21-14/h1,3,6-8,10H,2,4-5,9H2. The minimum atomic E-state index is -0.572. The molecule has 0 radical (unpaired) electrons. The van der Waals surface area contributed by atoms with E-state index in [2.05, 4.69) is 5.16 Å². The summed E-state index contributed by atoms with van der Waals surface area (Å²) < 4.78 is 31.2. The van der Waals surface area contributed by atoms with Gasteiger partial charge in [0.1, 0.15) is 11.6 Å². The highest BCUT2D eigenvalue weighted by atomic mass is 19.1. The summed E-state index contributed by atoms with van der Waals surface area (Å²) in [7, 11) is 0. The molecule has 1 aromatic heterocycles. The molecule has 1 aliphatic heterocycles. The maximum atomic E-state index is 13.2. The number of carbonyl (C=O) groups excluding carboxylic acids is 1. The maximum Gasteiger partial charge on any atom is 0.292 e. The van der Waals surface area contributed by atoms with Crippen molar-refractivity contribution in [2.75, 3.05) is 13.1 Å². The molecule has 0 saturated carbocycles. The third kappa shape index (κ3) is 3.09. The van der Waals surface area contributed by atoms with Gasteiger partial charge in [0, 0.05) is 25.2 Å². The fraction of sp³-hybridized carbons (Fsp3) is 0.333. The first-order valence-electron chi connectivity index (χ1n) is 6.77. The monoisotopic (exact) mass is 292 g/mol. The Kier molecular flexibility index (Phi) is 3.68. The van der Waals surface area contributed by atoms with Crippen molar-refractivity contribution in [3.05, 3.63) is 53.4 Å². The molecule has 1 saturated heterocycles. The predicted octanol–water partition coefficient (Wildman–Crippen LogP) is 2.66. The summed E-state index contributed by atoms with van der Waals surface area (Å²) in [5, 5.41) is 3.51. The summed E-state index contributed by atoms with van der Waals surface area (Å²) in [6.07, 6.45) is 2.78. The van der Waals surface area contributed by atoms with E-state index < -0.39 is 11.6 Å². The summed E-state index contributed by atoms with van der Waals surface area (Å²) in [6.45, 7) is 1.17. The Balaban J connectivity index is 1.63. The average molecular weight is 292 g/mol. The maximum absolute atomic E-state index is 13.2. The minimum absolute atomic E-state index is 0.193. The van der Waals surface area contributed by atoms with E-state index in [1.807, 2.05) is 0 Å². The van der Waals surface area contributed by atoms with Gasteiger partial charge in [-0.1, -0.05) is 5.16 Å². The zero-order valence-corrected chi connectivity index (χ0v) is 11.3. The van der Waals surface area contributed by atoms with Crippen LogP contribution in [0.15, 0.2) is 35.0 Å². The molecule has 1 atom stereocenters. The summed E-state index contributed by atoms with van der Waals surface area (Å²) in [5.74, 6) is -0.930. The summed E-state index contributed by atoms with van der Waals surface area (Å²) in [6, 6.07) is 5.06. The van der Waals surface area contributed by atoms with Crippen molar-refractivity contribution in [3.8, 4) is 0 Å². The normalized spacial score (nSPS) is 18.2. The van der Waals surface area contributed by atoms with Crippen molar-refractivity contribution in [2.24, 2.45) is 5.92 Å². The number of aromatic nitrogens is 1. The van der Waals surface area contributed by atoms with Crippen LogP contribution in [0.4, 0.5) is 8.78 Å². The van der Waals surface area contributed by atoms with Crippen LogP contribution < -0.4 is 0 Å². The molecule has 1 aromatic carbocycles. The fourth-order valence-electron chi connectivity index (χ4n) is 2.73. The fourth-order valence-corrected chi connectivity index (χ4v) is 2.73. The molecule has 0 aliphatic carbocycles. The number of hydrogen-bond donors (Lipinski definition) is 0. The van der Waals surface area contributed by atoms with E-state index in [0.29, 0.717) is 25.1 Å². The largest absolute Gasteiger partial charge is 0.351 e. The van der Waals surface area contributed by atoms with Crippen LogP contribution in [0, 0.1) is 17.6 Å². The van der Waals surface area contributed by atoms with E-state index in [1.165, 1.54) is 24.4 Å². The third-order valence-corrected chi connectivity index (χ3v) is 3.67. The van der Waals surface area contributed by atoms with E-state index in [0.717, 1.165) is 12.5 Å². The first-order valence-corrected chi connectivity index (χ1v) is 6.77. The van der Waals surface area contributed by atoms with Crippen molar-refractivity contribution < 1.29 is 18.1 Å². The van der Waals surface area contributed by atoms with Crippen molar-refractivity contribution in [1.82, 2.24) is 10.1 Å². The van der Waals surface area contributed by atoms with Gasteiger partial charge in [-0.05, 0) is 36.5 Å². The minimum Gasteiger partial charge on any atom is -0.351 e. The number of carbonyl (C=O) groups is 1. The van der Waals surface area contributed by atoms with Crippen LogP contribution in [0.5, 0.6) is 0 Å². The Bertz CT molecular complexity index is 623. The topological polar surface area (TPSA) is 46.3 Å². The quantitative estimate of drug-likeness (QED) is 0.873.